The van der Waals surface area contributed by atoms with Gasteiger partial charge in [0.2, 0.25) is 6.41 Å². The van der Waals surface area contributed by atoms with Crippen molar-refractivity contribution in [1.29, 1.82) is 0 Å². The Labute approximate surface area is 183 Å². The number of hydrogen-bond acceptors (Lipinski definition) is 3. The van der Waals surface area contributed by atoms with Crippen LogP contribution in [-0.4, -0.2) is 23.5 Å². The van der Waals surface area contributed by atoms with E-state index in [1.54, 1.807) is 24.3 Å². The number of phenols is 1. The van der Waals surface area contributed by atoms with Crippen LogP contribution >= 0.6 is 0 Å². The average Bonchev–Trinajstić information content (AvgIpc) is 3.27. The van der Waals surface area contributed by atoms with Crippen LogP contribution in [0.25, 0.3) is 0 Å². The molecule has 31 heavy (non-hydrogen) atoms. The Morgan fingerprint density at radius 2 is 1.74 bits per heavy atom. The highest BCUT2D eigenvalue weighted by molar-refractivity contribution is 5.94. The van der Waals surface area contributed by atoms with Crippen LogP contribution in [0.15, 0.2) is 72.8 Å². The van der Waals surface area contributed by atoms with Gasteiger partial charge >= 0.3 is 0 Å². The third kappa shape index (κ3) is 6.44. The fraction of sp³-hybridized carbons (Fsp3) is 0.231. The minimum absolute atomic E-state index is 0.0391. The van der Waals surface area contributed by atoms with Crippen LogP contribution in [0.3, 0.4) is 0 Å². The number of benzene rings is 3. The fourth-order valence-corrected chi connectivity index (χ4v) is 3.75. The minimum Gasteiger partial charge on any atom is -0.508 e. The molecule has 3 N–H and O–H groups in total. The summed E-state index contributed by atoms with van der Waals surface area (Å²) < 4.78 is 0. The summed E-state index contributed by atoms with van der Waals surface area (Å²) in [6, 6.07) is 22.3. The highest BCUT2D eigenvalue weighted by Crippen LogP contribution is 2.28. The second-order valence-corrected chi connectivity index (χ2v) is 7.67. The average molecular weight is 417 g/mol. The smallest absolute Gasteiger partial charge is 0.251 e. The van der Waals surface area contributed by atoms with Gasteiger partial charge in [0.05, 0.1) is 0 Å². The van der Waals surface area contributed by atoms with Crippen LogP contribution in [0.2, 0.25) is 0 Å². The molecule has 0 radical (unpaired) electrons. The lowest BCUT2D eigenvalue weighted by atomic mass is 10.1. The first-order valence-corrected chi connectivity index (χ1v) is 10.5. The molecule has 0 bridgehead atoms. The number of phenolic OH excluding ortho intramolecular Hbond substituents is 1. The summed E-state index contributed by atoms with van der Waals surface area (Å²) in [7, 11) is 0. The second kappa shape index (κ2) is 11.0. The molecule has 1 atom stereocenters. The number of carbonyl (C=O) groups excluding carboxylic acids is 2. The van der Waals surface area contributed by atoms with E-state index < -0.39 is 0 Å². The monoisotopic (exact) mass is 416 g/mol. The first-order chi connectivity index (χ1) is 15.1. The summed E-state index contributed by atoms with van der Waals surface area (Å²) in [5.41, 5.74) is 5.45. The highest BCUT2D eigenvalue weighted by atomic mass is 16.3. The molecule has 1 aliphatic carbocycles. The molecule has 5 nitrogen and oxygen atoms in total. The number of aryl methyl sites for hydroxylation is 1. The predicted octanol–water partition coefficient (Wildman–Crippen LogP) is 4.50. The van der Waals surface area contributed by atoms with Crippen molar-refractivity contribution >= 4 is 18.0 Å². The predicted molar refractivity (Wildman–Crippen MR) is 123 cm³/mol. The second-order valence-electron chi connectivity index (χ2n) is 7.67. The Bertz CT molecular complexity index is 1000. The van der Waals surface area contributed by atoms with Crippen molar-refractivity contribution in [3.63, 3.8) is 0 Å². The molecule has 1 unspecified atom stereocenters. The minimum atomic E-state index is -0.0631. The molecule has 2 amide bonds. The molecule has 4 rings (SSSR count). The zero-order chi connectivity index (χ0) is 22.1. The van der Waals surface area contributed by atoms with Gasteiger partial charge in [-0.05, 0) is 79.6 Å². The van der Waals surface area contributed by atoms with Gasteiger partial charge in [0.25, 0.3) is 5.91 Å². The Morgan fingerprint density at radius 3 is 2.45 bits per heavy atom. The van der Waals surface area contributed by atoms with Gasteiger partial charge in [0.1, 0.15) is 5.75 Å². The van der Waals surface area contributed by atoms with Gasteiger partial charge in [-0.15, -0.1) is 0 Å². The lowest BCUT2D eigenvalue weighted by molar-refractivity contribution is -0.105. The number of amides is 2. The summed E-state index contributed by atoms with van der Waals surface area (Å²) in [4.78, 5) is 22.2. The number of aromatic hydroxyl groups is 1. The highest BCUT2D eigenvalue weighted by Gasteiger charge is 2.13. The Balaban J connectivity index is 0.000000194. The Morgan fingerprint density at radius 1 is 1.00 bits per heavy atom. The third-order valence-corrected chi connectivity index (χ3v) is 5.25. The zero-order valence-electron chi connectivity index (χ0n) is 17.7. The number of fused-ring (bicyclic) bond motifs is 1. The molecule has 0 spiro atoms. The van der Waals surface area contributed by atoms with Crippen molar-refractivity contribution in [2.45, 2.75) is 38.6 Å². The number of hydrogen-bond donors (Lipinski definition) is 3. The van der Waals surface area contributed by atoms with E-state index in [2.05, 4.69) is 16.7 Å². The van der Waals surface area contributed by atoms with E-state index in [0.29, 0.717) is 5.56 Å². The number of carbonyl (C=O) groups is 2. The molecular formula is C26H28N2O3. The van der Waals surface area contributed by atoms with Gasteiger partial charge in [-0.25, -0.2) is 0 Å². The summed E-state index contributed by atoms with van der Waals surface area (Å²) in [6.45, 7) is 1.97. The van der Waals surface area contributed by atoms with Gasteiger partial charge < -0.3 is 15.7 Å². The largest absolute Gasteiger partial charge is 0.508 e. The van der Waals surface area contributed by atoms with Crippen LogP contribution < -0.4 is 10.6 Å². The Hall–Kier alpha value is -3.60. The first kappa shape index (κ1) is 22.1. The molecule has 0 saturated heterocycles. The van der Waals surface area contributed by atoms with Crippen molar-refractivity contribution in [1.82, 2.24) is 5.32 Å². The van der Waals surface area contributed by atoms with Crippen LogP contribution in [0.5, 0.6) is 5.75 Å². The molecule has 3 aromatic carbocycles. The van der Waals surface area contributed by atoms with E-state index >= 15 is 0 Å². The van der Waals surface area contributed by atoms with E-state index in [9.17, 15) is 14.7 Å². The molecule has 0 saturated carbocycles. The van der Waals surface area contributed by atoms with Crippen LogP contribution in [0, 0.1) is 0 Å². The van der Waals surface area contributed by atoms with Gasteiger partial charge in [-0.3, -0.25) is 9.59 Å². The van der Waals surface area contributed by atoms with Crippen molar-refractivity contribution < 1.29 is 14.7 Å². The molecule has 5 heteroatoms. The topological polar surface area (TPSA) is 78.4 Å². The number of rotatable bonds is 6. The molecule has 1 aliphatic rings. The number of nitrogens with one attached hydrogen (secondary N) is 2. The molecule has 0 fully saturated rings. The van der Waals surface area contributed by atoms with Crippen LogP contribution in [-0.2, 0) is 24.1 Å². The van der Waals surface area contributed by atoms with Crippen molar-refractivity contribution in [3.05, 3.63) is 95.1 Å². The molecule has 160 valence electrons. The fourth-order valence-electron chi connectivity index (χ4n) is 3.75. The van der Waals surface area contributed by atoms with E-state index in [0.717, 1.165) is 36.9 Å². The molecular weight excluding hydrogens is 388 g/mol. The molecule has 0 heterocycles. The summed E-state index contributed by atoms with van der Waals surface area (Å²) in [5, 5.41) is 14.9. The molecule has 0 aliphatic heterocycles. The Kier molecular flexibility index (Phi) is 7.82. The maximum atomic E-state index is 11.9. The van der Waals surface area contributed by atoms with Crippen molar-refractivity contribution in [2.24, 2.45) is 0 Å². The maximum absolute atomic E-state index is 11.9. The molecule has 0 aromatic heterocycles. The number of anilines is 1. The molecule has 3 aromatic rings. The quantitative estimate of drug-likeness (QED) is 0.518. The van der Waals surface area contributed by atoms with E-state index in [1.807, 2.05) is 49.4 Å². The normalized spacial score (nSPS) is 12.7. The van der Waals surface area contributed by atoms with Crippen LogP contribution in [0.4, 0.5) is 5.69 Å². The van der Waals surface area contributed by atoms with Crippen LogP contribution in [0.1, 0.15) is 40.4 Å². The maximum Gasteiger partial charge on any atom is 0.251 e. The lowest BCUT2D eigenvalue weighted by Gasteiger charge is -2.14. The van der Waals surface area contributed by atoms with E-state index in [4.69, 9.17) is 0 Å². The van der Waals surface area contributed by atoms with Gasteiger partial charge in [0, 0.05) is 17.3 Å². The van der Waals surface area contributed by atoms with Gasteiger partial charge in [-0.1, -0.05) is 42.5 Å². The van der Waals surface area contributed by atoms with E-state index in [-0.39, 0.29) is 17.7 Å². The summed E-state index contributed by atoms with van der Waals surface area (Å²) >= 11 is 0. The standard InChI is InChI=1S/C16H17NO2.C10H11NO/c1-12(11-13-7-9-15(18)10-8-13)17-16(19)14-5-3-2-4-6-14;12-7-11-10-6-2-4-8-3-1-5-9(8)10/h2-10,12,18H,11H2,1H3,(H,17,19);2,4,6-7H,1,3,5H2,(H,11,12). The van der Waals surface area contributed by atoms with Crippen molar-refractivity contribution in [3.8, 4) is 5.75 Å². The lowest BCUT2D eigenvalue weighted by Crippen LogP contribution is -2.34. The zero-order valence-corrected chi connectivity index (χ0v) is 17.7. The van der Waals surface area contributed by atoms with E-state index in [1.165, 1.54) is 17.5 Å². The summed E-state index contributed by atoms with van der Waals surface area (Å²) in [6.07, 6.45) is 4.95. The van der Waals surface area contributed by atoms with Gasteiger partial charge in [0.15, 0.2) is 0 Å². The first-order valence-electron chi connectivity index (χ1n) is 10.5. The van der Waals surface area contributed by atoms with Crippen molar-refractivity contribution in [2.75, 3.05) is 5.32 Å². The SMILES string of the molecule is CC(Cc1ccc(O)cc1)NC(=O)c1ccccc1.O=CNc1cccc2c1CCC2. The third-order valence-electron chi connectivity index (χ3n) is 5.25. The van der Waals surface area contributed by atoms with Gasteiger partial charge in [-0.2, -0.15) is 0 Å². The summed E-state index contributed by atoms with van der Waals surface area (Å²) in [5.74, 6) is 0.191.